The Labute approximate surface area is 94.9 Å². The summed E-state index contributed by atoms with van der Waals surface area (Å²) in [5, 5.41) is 0. The molecule has 0 unspecified atom stereocenters. The SMILES string of the molecule is O.O.O.[I][Ge]([I])([I])[I]. The standard InChI is InChI=1S/GeI4.3H2O/c2-1(3,4)5;;;/h;3*1H2. The molecular weight excluding hydrogens is 628 g/mol. The summed E-state index contributed by atoms with van der Waals surface area (Å²) in [5.74, 6) is 0. The van der Waals surface area contributed by atoms with Crippen molar-refractivity contribution in [2.45, 2.75) is 0 Å². The maximum atomic E-state index is 2.53. The van der Waals surface area contributed by atoms with Crippen molar-refractivity contribution >= 4 is 80.9 Å². The van der Waals surface area contributed by atoms with Crippen molar-refractivity contribution in [1.29, 1.82) is 0 Å². The molecule has 8 heavy (non-hydrogen) atoms. The van der Waals surface area contributed by atoms with Crippen LogP contribution in [0.5, 0.6) is 0 Å². The molecule has 3 nitrogen and oxygen atoms in total. The van der Waals surface area contributed by atoms with Gasteiger partial charge in [-0.3, -0.25) is 0 Å². The molecule has 0 spiro atoms. The zero-order chi connectivity index (χ0) is 4.50. The van der Waals surface area contributed by atoms with E-state index in [2.05, 4.69) is 80.9 Å². The van der Waals surface area contributed by atoms with Gasteiger partial charge in [-0.15, -0.1) is 0 Å². The first kappa shape index (κ1) is 22.5. The average Bonchev–Trinajstić information content (AvgIpc) is 0.722. The van der Waals surface area contributed by atoms with Gasteiger partial charge in [-0.25, -0.2) is 0 Å². The van der Waals surface area contributed by atoms with E-state index in [0.29, 0.717) is 0 Å². The van der Waals surface area contributed by atoms with E-state index >= 15 is 0 Å². The van der Waals surface area contributed by atoms with Gasteiger partial charge in [0.2, 0.25) is 0 Å². The number of hydrogen-bond donors (Lipinski definition) is 0. The summed E-state index contributed by atoms with van der Waals surface area (Å²) >= 11 is 10.1. The van der Waals surface area contributed by atoms with Gasteiger partial charge < -0.3 is 16.4 Å². The van der Waals surface area contributed by atoms with Crippen LogP contribution in [0, 0.1) is 0 Å². The second-order valence-corrected chi connectivity index (χ2v) is 100. The average molecular weight is 634 g/mol. The fourth-order valence-electron chi connectivity index (χ4n) is 0. The Balaban J connectivity index is -0.0000000267. The summed E-state index contributed by atoms with van der Waals surface area (Å²) in [7, 11) is 0. The second kappa shape index (κ2) is 10.3. The number of rotatable bonds is 0. The molecule has 0 aliphatic carbocycles. The van der Waals surface area contributed by atoms with Gasteiger partial charge in [-0.1, -0.05) is 0 Å². The third kappa shape index (κ3) is 58.2. The van der Waals surface area contributed by atoms with Crippen molar-refractivity contribution in [3.63, 3.8) is 0 Å². The Hall–Kier alpha value is 3.34. The molecular formula is H6GeI4O3. The predicted molar refractivity (Wildman–Crippen MR) is 72.7 cm³/mol. The van der Waals surface area contributed by atoms with Crippen molar-refractivity contribution in [3.05, 3.63) is 0 Å². The zero-order valence-corrected chi connectivity index (χ0v) is 14.2. The Bertz CT molecular complexity index is 26.8. The van der Waals surface area contributed by atoms with Gasteiger partial charge in [0.15, 0.2) is 0 Å². The van der Waals surface area contributed by atoms with Gasteiger partial charge in [-0.05, 0) is 0 Å². The van der Waals surface area contributed by atoms with Crippen LogP contribution in [0.3, 0.4) is 0 Å². The van der Waals surface area contributed by atoms with Crippen LogP contribution < -0.4 is 0 Å². The van der Waals surface area contributed by atoms with E-state index in [-0.39, 0.29) is 16.4 Å². The summed E-state index contributed by atoms with van der Waals surface area (Å²) in [6, 6.07) is 0. The minimum absolute atomic E-state index is 0. The fourth-order valence-corrected chi connectivity index (χ4v) is 0. The molecule has 0 atom stereocenters. The Morgan fingerprint density at radius 2 is 0.625 bits per heavy atom. The van der Waals surface area contributed by atoms with E-state index in [9.17, 15) is 0 Å². The van der Waals surface area contributed by atoms with Crippen molar-refractivity contribution < 1.29 is 16.4 Å². The molecule has 0 rings (SSSR count). The van der Waals surface area contributed by atoms with Crippen molar-refractivity contribution in [3.8, 4) is 0 Å². The van der Waals surface area contributed by atoms with Gasteiger partial charge in [0.05, 0.1) is 0 Å². The first-order chi connectivity index (χ1) is 2.00. The van der Waals surface area contributed by atoms with Crippen LogP contribution in [0.1, 0.15) is 0 Å². The van der Waals surface area contributed by atoms with Crippen LogP contribution in [0.4, 0.5) is 0 Å². The molecule has 0 aliphatic rings. The Morgan fingerprint density at radius 1 is 0.625 bits per heavy atom. The third-order valence-corrected chi connectivity index (χ3v) is 0. The molecule has 8 heteroatoms. The summed E-state index contributed by atoms with van der Waals surface area (Å²) in [6.07, 6.45) is 0. The summed E-state index contributed by atoms with van der Waals surface area (Å²) in [4.78, 5) is 0. The molecule has 0 amide bonds. The van der Waals surface area contributed by atoms with E-state index in [1.54, 1.807) is 0 Å². The van der Waals surface area contributed by atoms with E-state index in [4.69, 9.17) is 0 Å². The van der Waals surface area contributed by atoms with Gasteiger partial charge in [0.1, 0.15) is 0 Å². The summed E-state index contributed by atoms with van der Waals surface area (Å²) in [5.41, 5.74) is 0. The van der Waals surface area contributed by atoms with Crippen molar-refractivity contribution in [2.24, 2.45) is 0 Å². The van der Waals surface area contributed by atoms with E-state index in [1.165, 1.54) is 0 Å². The monoisotopic (exact) mass is 636 g/mol. The van der Waals surface area contributed by atoms with Crippen molar-refractivity contribution in [1.82, 2.24) is 0 Å². The van der Waals surface area contributed by atoms with Crippen LogP contribution in [0.25, 0.3) is 0 Å². The molecule has 0 aromatic heterocycles. The molecule has 0 aromatic rings. The fraction of sp³-hybridized carbons (Fsp3) is 0. The topological polar surface area (TPSA) is 94.5 Å². The van der Waals surface area contributed by atoms with Gasteiger partial charge >= 0.3 is 80.9 Å². The van der Waals surface area contributed by atoms with Crippen LogP contribution >= 0.6 is 80.9 Å². The second-order valence-electron chi connectivity index (χ2n) is 0.429. The van der Waals surface area contributed by atoms with Gasteiger partial charge in [0, 0.05) is 0 Å². The Morgan fingerprint density at radius 3 is 0.625 bits per heavy atom. The first-order valence-corrected chi connectivity index (χ1v) is 26.3. The molecule has 0 aliphatic heterocycles. The quantitative estimate of drug-likeness (QED) is 0.277. The maximum absolute atomic E-state index is 2.53. The molecule has 0 radical (unpaired) electrons. The van der Waals surface area contributed by atoms with Crippen LogP contribution in [0.2, 0.25) is 0 Å². The number of halogens is 4. The molecule has 0 heterocycles. The molecule has 0 saturated heterocycles. The zero-order valence-electron chi connectivity index (χ0n) is 3.51. The van der Waals surface area contributed by atoms with E-state index in [0.717, 1.165) is 0 Å². The first-order valence-electron chi connectivity index (χ1n) is 0.756. The molecule has 6 N–H and O–H groups in total. The third-order valence-electron chi connectivity index (χ3n) is 0. The number of hydrogen-bond acceptors (Lipinski definition) is 0. The van der Waals surface area contributed by atoms with Crippen molar-refractivity contribution in [2.75, 3.05) is 0 Å². The minimum atomic E-state index is -1.12. The van der Waals surface area contributed by atoms with Crippen LogP contribution in [0.15, 0.2) is 0 Å². The molecule has 56 valence electrons. The molecule has 0 saturated carbocycles. The van der Waals surface area contributed by atoms with Gasteiger partial charge in [-0.2, -0.15) is 0 Å². The molecule has 0 fully saturated rings. The van der Waals surface area contributed by atoms with Crippen LogP contribution in [-0.2, 0) is 0 Å². The van der Waals surface area contributed by atoms with E-state index < -0.39 is 0.0304 Å². The normalized spacial score (nSPS) is 7.50. The van der Waals surface area contributed by atoms with Gasteiger partial charge in [0.25, 0.3) is 0 Å². The summed E-state index contributed by atoms with van der Waals surface area (Å²) in [6.45, 7) is 0. The molecule has 0 bridgehead atoms. The predicted octanol–water partition coefficient (Wildman–Crippen LogP) is 0.688. The molecule has 0 aromatic carbocycles. The van der Waals surface area contributed by atoms with E-state index in [1.807, 2.05) is 0 Å². The summed E-state index contributed by atoms with van der Waals surface area (Å²) < 4.78 is -1.12. The van der Waals surface area contributed by atoms with Crippen LogP contribution in [-0.4, -0.2) is 16.5 Å². The Kier molecular flexibility index (Phi) is 29.1.